The van der Waals surface area contributed by atoms with Crippen molar-refractivity contribution >= 4 is 6.03 Å². The SMILES string of the molecule is CC(C)CC1COCCN1C(=O)NCC(c1cnn(C)c1)N(C)C. The van der Waals surface area contributed by atoms with Gasteiger partial charge in [0.25, 0.3) is 0 Å². The molecule has 1 saturated heterocycles. The summed E-state index contributed by atoms with van der Waals surface area (Å²) in [6.45, 7) is 6.81. The predicted molar refractivity (Wildman–Crippen MR) is 93.8 cm³/mol. The second kappa shape index (κ2) is 8.48. The average molecular weight is 337 g/mol. The summed E-state index contributed by atoms with van der Waals surface area (Å²) in [7, 11) is 5.93. The topological polar surface area (TPSA) is 62.6 Å². The van der Waals surface area contributed by atoms with Crippen molar-refractivity contribution in [3.63, 3.8) is 0 Å². The number of hydrogen-bond donors (Lipinski definition) is 1. The van der Waals surface area contributed by atoms with Gasteiger partial charge in [0.1, 0.15) is 0 Å². The van der Waals surface area contributed by atoms with Crippen LogP contribution in [0.4, 0.5) is 4.79 Å². The molecule has 0 spiro atoms. The number of aryl methyl sites for hydroxylation is 1. The summed E-state index contributed by atoms with van der Waals surface area (Å²) in [6.07, 6.45) is 4.81. The molecule has 1 N–H and O–H groups in total. The van der Waals surface area contributed by atoms with Crippen LogP contribution < -0.4 is 5.32 Å². The van der Waals surface area contributed by atoms with Gasteiger partial charge in [0.15, 0.2) is 0 Å². The summed E-state index contributed by atoms with van der Waals surface area (Å²) in [6, 6.07) is 0.266. The van der Waals surface area contributed by atoms with Gasteiger partial charge in [-0.1, -0.05) is 13.8 Å². The maximum atomic E-state index is 12.7. The van der Waals surface area contributed by atoms with E-state index >= 15 is 0 Å². The third-order valence-electron chi connectivity index (χ3n) is 4.41. The summed E-state index contributed by atoms with van der Waals surface area (Å²) in [5.41, 5.74) is 1.10. The maximum absolute atomic E-state index is 12.7. The summed E-state index contributed by atoms with van der Waals surface area (Å²) < 4.78 is 7.34. The first-order chi connectivity index (χ1) is 11.4. The second-order valence-corrected chi connectivity index (χ2v) is 7.16. The van der Waals surface area contributed by atoms with E-state index in [9.17, 15) is 4.79 Å². The molecule has 0 aromatic carbocycles. The van der Waals surface area contributed by atoms with Gasteiger partial charge in [-0.3, -0.25) is 4.68 Å². The van der Waals surface area contributed by atoms with Crippen molar-refractivity contribution in [3.05, 3.63) is 18.0 Å². The molecular formula is C17H31N5O2. The average Bonchev–Trinajstić information content (AvgIpc) is 2.93. The molecule has 7 heteroatoms. The molecule has 1 aromatic rings. The van der Waals surface area contributed by atoms with E-state index in [0.29, 0.717) is 32.2 Å². The molecule has 2 heterocycles. The Bertz CT molecular complexity index is 529. The molecule has 2 atom stereocenters. The predicted octanol–water partition coefficient (Wildman–Crippen LogP) is 1.48. The van der Waals surface area contributed by atoms with Crippen LogP contribution in [0.25, 0.3) is 0 Å². The number of nitrogens with one attached hydrogen (secondary N) is 1. The van der Waals surface area contributed by atoms with E-state index in [1.165, 1.54) is 0 Å². The van der Waals surface area contributed by atoms with Crippen molar-refractivity contribution in [2.75, 3.05) is 40.4 Å². The Hall–Kier alpha value is -1.60. The van der Waals surface area contributed by atoms with Crippen LogP contribution in [0.15, 0.2) is 12.4 Å². The maximum Gasteiger partial charge on any atom is 0.317 e. The van der Waals surface area contributed by atoms with E-state index in [4.69, 9.17) is 4.74 Å². The van der Waals surface area contributed by atoms with Crippen LogP contribution in [0.1, 0.15) is 31.9 Å². The first-order valence-corrected chi connectivity index (χ1v) is 8.65. The molecule has 0 bridgehead atoms. The number of hydrogen-bond acceptors (Lipinski definition) is 4. The van der Waals surface area contributed by atoms with E-state index in [1.54, 1.807) is 4.68 Å². The molecule has 1 fully saturated rings. The molecule has 2 amide bonds. The summed E-state index contributed by atoms with van der Waals surface area (Å²) in [5, 5.41) is 7.33. The monoisotopic (exact) mass is 337 g/mol. The van der Waals surface area contributed by atoms with Crippen LogP contribution in [-0.2, 0) is 11.8 Å². The number of rotatable bonds is 6. The Kier molecular flexibility index (Phi) is 6.62. The molecule has 0 saturated carbocycles. The van der Waals surface area contributed by atoms with Crippen LogP contribution in [0.2, 0.25) is 0 Å². The highest BCUT2D eigenvalue weighted by molar-refractivity contribution is 5.74. The highest BCUT2D eigenvalue weighted by atomic mass is 16.5. The lowest BCUT2D eigenvalue weighted by molar-refractivity contribution is 0.00533. The van der Waals surface area contributed by atoms with Gasteiger partial charge in [0.05, 0.1) is 31.5 Å². The van der Waals surface area contributed by atoms with Crippen LogP contribution in [0.3, 0.4) is 0 Å². The van der Waals surface area contributed by atoms with Gasteiger partial charge >= 0.3 is 6.03 Å². The number of aromatic nitrogens is 2. The molecule has 1 aliphatic heterocycles. The smallest absolute Gasteiger partial charge is 0.317 e. The summed E-state index contributed by atoms with van der Waals surface area (Å²) in [5.74, 6) is 0.539. The molecule has 1 aromatic heterocycles. The Morgan fingerprint density at radius 3 is 2.83 bits per heavy atom. The Morgan fingerprint density at radius 1 is 1.50 bits per heavy atom. The van der Waals surface area contributed by atoms with Crippen molar-refractivity contribution in [2.45, 2.75) is 32.4 Å². The molecule has 136 valence electrons. The highest BCUT2D eigenvalue weighted by Crippen LogP contribution is 2.18. The van der Waals surface area contributed by atoms with Gasteiger partial charge in [-0.05, 0) is 26.4 Å². The largest absolute Gasteiger partial charge is 0.377 e. The van der Waals surface area contributed by atoms with Crippen LogP contribution >= 0.6 is 0 Å². The van der Waals surface area contributed by atoms with E-state index in [0.717, 1.165) is 12.0 Å². The summed E-state index contributed by atoms with van der Waals surface area (Å²) >= 11 is 0. The minimum absolute atomic E-state index is 0.000287. The minimum Gasteiger partial charge on any atom is -0.377 e. The molecule has 1 aliphatic rings. The quantitative estimate of drug-likeness (QED) is 0.854. The number of amides is 2. The zero-order chi connectivity index (χ0) is 17.7. The number of carbonyl (C=O) groups excluding carboxylic acids is 1. The molecule has 0 radical (unpaired) electrons. The zero-order valence-electron chi connectivity index (χ0n) is 15.5. The third-order valence-corrected chi connectivity index (χ3v) is 4.41. The number of morpholine rings is 1. The number of carbonyl (C=O) groups is 1. The fourth-order valence-corrected chi connectivity index (χ4v) is 3.16. The van der Waals surface area contributed by atoms with Crippen LogP contribution in [0.5, 0.6) is 0 Å². The second-order valence-electron chi connectivity index (χ2n) is 7.16. The van der Waals surface area contributed by atoms with Gasteiger partial charge in [-0.2, -0.15) is 5.10 Å². The standard InChI is InChI=1S/C17H31N5O2/c1-13(2)8-15-12-24-7-6-22(15)17(23)18-10-16(20(3)4)14-9-19-21(5)11-14/h9,11,13,15-16H,6-8,10,12H2,1-5H3,(H,18,23). The Labute approximate surface area is 144 Å². The molecule has 7 nitrogen and oxygen atoms in total. The van der Waals surface area contributed by atoms with Gasteiger partial charge in [-0.15, -0.1) is 0 Å². The third kappa shape index (κ3) is 4.95. The number of nitrogens with zero attached hydrogens (tertiary/aromatic N) is 4. The Balaban J connectivity index is 1.96. The van der Waals surface area contributed by atoms with E-state index in [2.05, 4.69) is 29.2 Å². The number of likely N-dealkylation sites (N-methyl/N-ethyl adjacent to an activating group) is 1. The van der Waals surface area contributed by atoms with Crippen LogP contribution in [0, 0.1) is 5.92 Å². The summed E-state index contributed by atoms with van der Waals surface area (Å²) in [4.78, 5) is 16.7. The molecular weight excluding hydrogens is 306 g/mol. The van der Waals surface area contributed by atoms with Crippen molar-refractivity contribution in [2.24, 2.45) is 13.0 Å². The number of ether oxygens (including phenoxy) is 1. The number of urea groups is 1. The fourth-order valence-electron chi connectivity index (χ4n) is 3.16. The van der Waals surface area contributed by atoms with E-state index in [-0.39, 0.29) is 18.1 Å². The van der Waals surface area contributed by atoms with Crippen molar-refractivity contribution < 1.29 is 9.53 Å². The molecule has 0 aliphatic carbocycles. The lowest BCUT2D eigenvalue weighted by atomic mass is 10.0. The molecule has 2 unspecified atom stereocenters. The zero-order valence-corrected chi connectivity index (χ0v) is 15.5. The van der Waals surface area contributed by atoms with Gasteiger partial charge in [0, 0.05) is 31.9 Å². The Morgan fingerprint density at radius 2 is 2.25 bits per heavy atom. The van der Waals surface area contributed by atoms with E-state index < -0.39 is 0 Å². The van der Waals surface area contributed by atoms with Gasteiger partial charge < -0.3 is 19.9 Å². The highest BCUT2D eigenvalue weighted by Gasteiger charge is 2.28. The normalized spacial score (nSPS) is 19.8. The van der Waals surface area contributed by atoms with Gasteiger partial charge in [0.2, 0.25) is 0 Å². The minimum atomic E-state index is -0.000287. The lowest BCUT2D eigenvalue weighted by Crippen LogP contribution is -2.53. The first-order valence-electron chi connectivity index (χ1n) is 8.65. The van der Waals surface area contributed by atoms with Crippen molar-refractivity contribution in [1.82, 2.24) is 24.9 Å². The van der Waals surface area contributed by atoms with Gasteiger partial charge in [-0.25, -0.2) is 4.79 Å². The molecule has 2 rings (SSSR count). The van der Waals surface area contributed by atoms with E-state index in [1.807, 2.05) is 38.4 Å². The van der Waals surface area contributed by atoms with Crippen molar-refractivity contribution in [3.8, 4) is 0 Å². The van der Waals surface area contributed by atoms with Crippen LogP contribution in [-0.4, -0.2) is 72.1 Å². The molecule has 24 heavy (non-hydrogen) atoms. The van der Waals surface area contributed by atoms with Crippen molar-refractivity contribution in [1.29, 1.82) is 0 Å². The first kappa shape index (κ1) is 18.7. The lowest BCUT2D eigenvalue weighted by Gasteiger charge is -2.37. The fraction of sp³-hybridized carbons (Fsp3) is 0.765.